The van der Waals surface area contributed by atoms with Gasteiger partial charge in [-0.25, -0.2) is 0 Å². The highest BCUT2D eigenvalue weighted by molar-refractivity contribution is 7.25. The number of rotatable bonds is 9. The summed E-state index contributed by atoms with van der Waals surface area (Å²) in [6.45, 7) is 0. The van der Waals surface area contributed by atoms with Crippen molar-refractivity contribution in [3.63, 3.8) is 0 Å². The topological polar surface area (TPSA) is 8.17 Å². The van der Waals surface area contributed by atoms with E-state index in [0.717, 1.165) is 33.9 Å². The zero-order chi connectivity index (χ0) is 48.2. The van der Waals surface area contributed by atoms with E-state index in [4.69, 9.17) is 0 Å². The smallest absolute Gasteiger partial charge is 0.0619 e. The van der Waals surface area contributed by atoms with E-state index < -0.39 is 0 Å². The predicted octanol–water partition coefficient (Wildman–Crippen LogP) is 19.9. The van der Waals surface area contributed by atoms with Gasteiger partial charge in [0.15, 0.2) is 0 Å². The first-order chi connectivity index (χ1) is 36.2. The molecule has 0 saturated heterocycles. The van der Waals surface area contributed by atoms with Gasteiger partial charge in [0.25, 0.3) is 0 Å². The molecule has 0 amide bonds. The van der Waals surface area contributed by atoms with Crippen LogP contribution in [0.3, 0.4) is 0 Å². The van der Waals surface area contributed by atoms with Crippen molar-refractivity contribution < 1.29 is 0 Å². The summed E-state index contributed by atoms with van der Waals surface area (Å²) in [5.41, 5.74) is 16.3. The van der Waals surface area contributed by atoms with E-state index in [9.17, 15) is 0 Å². The van der Waals surface area contributed by atoms with Crippen molar-refractivity contribution in [3.05, 3.63) is 290 Å². The second kappa shape index (κ2) is 17.8. The first kappa shape index (κ1) is 42.6. The van der Waals surface area contributed by atoms with Gasteiger partial charge in [-0.2, -0.15) is 0 Å². The van der Waals surface area contributed by atoms with Crippen molar-refractivity contribution in [3.8, 4) is 27.9 Å². The Balaban J connectivity index is 0.840. The van der Waals surface area contributed by atoms with Crippen molar-refractivity contribution >= 4 is 104 Å². The third kappa shape index (κ3) is 7.66. The second-order valence-electron chi connectivity index (χ2n) is 18.9. The van der Waals surface area contributed by atoms with E-state index in [1.807, 2.05) is 11.3 Å². The fourth-order valence-corrected chi connectivity index (χ4v) is 12.1. The standard InChI is InChI=1S/C70H46N2S/c1-3-13-47(14-4-1)43-65(56-33-42-67-66(45-56)64-40-32-53-18-9-10-20-61(53)70(64)72(67)59-38-31-49-17-7-8-19-55(49)44-59)54-25-23-50(24-26-54)52-29-36-58(37-30-52)71(57-34-27-51(28-35-57)48-15-5-2-6-16-48)60-39-41-63-62-21-11-12-22-68(62)73-69(63)46-60/h1-46H/b65-43+. The Kier molecular flexibility index (Phi) is 10.4. The Morgan fingerprint density at radius 1 is 0.342 bits per heavy atom. The van der Waals surface area contributed by atoms with Gasteiger partial charge in [-0.1, -0.05) is 206 Å². The Hall–Kier alpha value is -9.28. The van der Waals surface area contributed by atoms with Crippen LogP contribution in [0, 0.1) is 0 Å². The molecule has 12 aromatic carbocycles. The van der Waals surface area contributed by atoms with Crippen LogP contribution in [0.2, 0.25) is 0 Å². The predicted molar refractivity (Wildman–Crippen MR) is 314 cm³/mol. The molecule has 14 aromatic rings. The number of thiophene rings is 1. The normalized spacial score (nSPS) is 11.9. The van der Waals surface area contributed by atoms with E-state index >= 15 is 0 Å². The number of benzene rings is 12. The van der Waals surface area contributed by atoms with Crippen LogP contribution in [0.4, 0.5) is 17.1 Å². The molecular weight excluding hydrogens is 901 g/mol. The summed E-state index contributed by atoms with van der Waals surface area (Å²) in [5.74, 6) is 0. The van der Waals surface area contributed by atoms with Crippen LogP contribution < -0.4 is 4.90 Å². The van der Waals surface area contributed by atoms with E-state index in [0.29, 0.717) is 0 Å². The highest BCUT2D eigenvalue weighted by atomic mass is 32.1. The summed E-state index contributed by atoms with van der Waals surface area (Å²) >= 11 is 1.85. The summed E-state index contributed by atoms with van der Waals surface area (Å²) in [7, 11) is 0. The van der Waals surface area contributed by atoms with E-state index in [1.54, 1.807) is 0 Å². The molecule has 0 aliphatic rings. The first-order valence-electron chi connectivity index (χ1n) is 25.0. The van der Waals surface area contributed by atoms with Gasteiger partial charge in [0.05, 0.1) is 11.0 Å². The van der Waals surface area contributed by atoms with E-state index in [1.165, 1.54) is 96.9 Å². The maximum absolute atomic E-state index is 2.47. The van der Waals surface area contributed by atoms with Gasteiger partial charge in [0.2, 0.25) is 0 Å². The molecule has 0 aliphatic carbocycles. The van der Waals surface area contributed by atoms with Crippen LogP contribution in [0.25, 0.3) is 103 Å². The van der Waals surface area contributed by atoms with Gasteiger partial charge in [-0.3, -0.25) is 0 Å². The Morgan fingerprint density at radius 3 is 1.63 bits per heavy atom. The molecule has 73 heavy (non-hydrogen) atoms. The largest absolute Gasteiger partial charge is 0.310 e. The van der Waals surface area contributed by atoms with Gasteiger partial charge in [0.1, 0.15) is 0 Å². The number of fused-ring (bicyclic) bond motifs is 9. The number of hydrogen-bond acceptors (Lipinski definition) is 2. The molecule has 0 spiro atoms. The molecule has 0 saturated carbocycles. The minimum atomic E-state index is 1.10. The lowest BCUT2D eigenvalue weighted by Gasteiger charge is -2.26. The highest BCUT2D eigenvalue weighted by Gasteiger charge is 2.19. The summed E-state index contributed by atoms with van der Waals surface area (Å²) < 4.78 is 5.06. The molecule has 14 rings (SSSR count). The van der Waals surface area contributed by atoms with Gasteiger partial charge >= 0.3 is 0 Å². The molecule has 3 heteroatoms. The molecule has 0 fully saturated rings. The Morgan fingerprint density at radius 2 is 0.890 bits per heavy atom. The third-order valence-electron chi connectivity index (χ3n) is 14.6. The lowest BCUT2D eigenvalue weighted by molar-refractivity contribution is 1.19. The molecule has 2 nitrogen and oxygen atoms in total. The fraction of sp³-hybridized carbons (Fsp3) is 0. The average Bonchev–Trinajstić information content (AvgIpc) is 4.01. The molecule has 0 atom stereocenters. The van der Waals surface area contributed by atoms with Crippen molar-refractivity contribution in [2.75, 3.05) is 4.90 Å². The summed E-state index contributed by atoms with van der Waals surface area (Å²) in [5, 5.41) is 10.0. The van der Waals surface area contributed by atoms with Crippen LogP contribution in [0.15, 0.2) is 273 Å². The van der Waals surface area contributed by atoms with E-state index in [-0.39, 0.29) is 0 Å². The van der Waals surface area contributed by atoms with Crippen LogP contribution in [0.1, 0.15) is 16.7 Å². The average molecular weight is 947 g/mol. The van der Waals surface area contributed by atoms with Gasteiger partial charge in [-0.15, -0.1) is 11.3 Å². The molecule has 0 unspecified atom stereocenters. The molecule has 0 N–H and O–H groups in total. The van der Waals surface area contributed by atoms with Crippen LogP contribution in [0.5, 0.6) is 0 Å². The molecule has 0 bridgehead atoms. The quantitative estimate of drug-likeness (QED) is 0.131. The highest BCUT2D eigenvalue weighted by Crippen LogP contribution is 2.43. The number of hydrogen-bond donors (Lipinski definition) is 0. The monoisotopic (exact) mass is 946 g/mol. The second-order valence-corrected chi connectivity index (χ2v) is 20.0. The number of aromatic nitrogens is 1. The van der Waals surface area contributed by atoms with Gasteiger partial charge in [-0.05, 0) is 133 Å². The lowest BCUT2D eigenvalue weighted by atomic mass is 9.93. The van der Waals surface area contributed by atoms with E-state index in [2.05, 4.69) is 289 Å². The molecule has 2 heterocycles. The third-order valence-corrected chi connectivity index (χ3v) is 15.7. The number of anilines is 3. The fourth-order valence-electron chi connectivity index (χ4n) is 11.0. The lowest BCUT2D eigenvalue weighted by Crippen LogP contribution is -2.09. The minimum absolute atomic E-state index is 1.10. The summed E-state index contributed by atoms with van der Waals surface area (Å²) in [6.07, 6.45) is 2.33. The van der Waals surface area contributed by atoms with Crippen LogP contribution in [-0.4, -0.2) is 4.57 Å². The van der Waals surface area contributed by atoms with Crippen molar-refractivity contribution in [2.45, 2.75) is 0 Å². The van der Waals surface area contributed by atoms with Crippen molar-refractivity contribution in [2.24, 2.45) is 0 Å². The molecule has 2 aromatic heterocycles. The maximum atomic E-state index is 2.47. The zero-order valence-electron chi connectivity index (χ0n) is 39.9. The Labute approximate surface area is 428 Å². The van der Waals surface area contributed by atoms with Crippen LogP contribution in [-0.2, 0) is 0 Å². The minimum Gasteiger partial charge on any atom is -0.310 e. The molecule has 0 radical (unpaired) electrons. The number of nitrogens with zero attached hydrogens (tertiary/aromatic N) is 2. The van der Waals surface area contributed by atoms with Crippen molar-refractivity contribution in [1.82, 2.24) is 4.57 Å². The van der Waals surface area contributed by atoms with Gasteiger partial charge < -0.3 is 9.47 Å². The summed E-state index contributed by atoms with van der Waals surface area (Å²) in [6, 6.07) is 99.9. The summed E-state index contributed by atoms with van der Waals surface area (Å²) in [4.78, 5) is 2.38. The first-order valence-corrected chi connectivity index (χ1v) is 25.8. The molecule has 0 aliphatic heterocycles. The maximum Gasteiger partial charge on any atom is 0.0619 e. The molecular formula is C70H46N2S. The van der Waals surface area contributed by atoms with Crippen molar-refractivity contribution in [1.29, 1.82) is 0 Å². The van der Waals surface area contributed by atoms with Crippen LogP contribution >= 0.6 is 11.3 Å². The van der Waals surface area contributed by atoms with Gasteiger partial charge in [0, 0.05) is 59.1 Å². The SMILES string of the molecule is C(=C(/c1ccc(-c2ccc(N(c3ccc(-c4ccccc4)cc3)c3ccc4c(c3)sc3ccccc34)cc2)cc1)c1ccc2c(c1)c1ccc3ccccc3c1n2-c1ccc2ccccc2c1)/c1ccccc1. The molecule has 342 valence electrons. The Bertz CT molecular complexity index is 4390. The zero-order valence-corrected chi connectivity index (χ0v) is 40.7.